The van der Waals surface area contributed by atoms with Crippen LogP contribution in [0.4, 0.5) is 0 Å². The molecule has 0 bridgehead atoms. The van der Waals surface area contributed by atoms with E-state index in [0.29, 0.717) is 39.8 Å². The SMILES string of the molecule is Cc1ccc(-n2c(SCC(=O)NC(C3CC3)C3CC3)nc3ccccc3c2=O)nc1. The van der Waals surface area contributed by atoms with E-state index in [0.717, 1.165) is 5.56 Å². The molecule has 154 valence electrons. The van der Waals surface area contributed by atoms with Crippen molar-refractivity contribution >= 4 is 28.6 Å². The number of benzene rings is 1. The number of thioether (sulfide) groups is 1. The zero-order valence-corrected chi connectivity index (χ0v) is 17.7. The van der Waals surface area contributed by atoms with E-state index in [9.17, 15) is 9.59 Å². The number of carbonyl (C=O) groups is 1. The number of nitrogens with one attached hydrogen (secondary N) is 1. The maximum Gasteiger partial charge on any atom is 0.267 e. The number of carbonyl (C=O) groups excluding carboxylic acids is 1. The van der Waals surface area contributed by atoms with Crippen LogP contribution < -0.4 is 10.9 Å². The van der Waals surface area contributed by atoms with Crippen molar-refractivity contribution in [3.63, 3.8) is 0 Å². The number of nitrogens with zero attached hydrogens (tertiary/aromatic N) is 3. The van der Waals surface area contributed by atoms with E-state index in [1.807, 2.05) is 37.3 Å². The van der Waals surface area contributed by atoms with Gasteiger partial charge in [-0.3, -0.25) is 9.59 Å². The van der Waals surface area contributed by atoms with Gasteiger partial charge in [-0.05, 0) is 68.2 Å². The maximum absolute atomic E-state index is 13.2. The van der Waals surface area contributed by atoms with Crippen LogP contribution >= 0.6 is 11.8 Å². The van der Waals surface area contributed by atoms with E-state index >= 15 is 0 Å². The van der Waals surface area contributed by atoms with Crippen LogP contribution in [0.3, 0.4) is 0 Å². The molecule has 2 saturated carbocycles. The summed E-state index contributed by atoms with van der Waals surface area (Å²) in [6.07, 6.45) is 6.62. The Hall–Kier alpha value is -2.67. The largest absolute Gasteiger partial charge is 0.352 e. The number of aryl methyl sites for hydroxylation is 1. The van der Waals surface area contributed by atoms with Gasteiger partial charge in [0.1, 0.15) is 5.82 Å². The normalized spacial score (nSPS) is 16.2. The highest BCUT2D eigenvalue weighted by Crippen LogP contribution is 2.44. The number of hydrogen-bond acceptors (Lipinski definition) is 5. The van der Waals surface area contributed by atoms with Crippen LogP contribution in [0.25, 0.3) is 16.7 Å². The predicted molar refractivity (Wildman–Crippen MR) is 118 cm³/mol. The molecule has 2 heterocycles. The average Bonchev–Trinajstić information content (AvgIpc) is 3.65. The lowest BCUT2D eigenvalue weighted by Crippen LogP contribution is -2.39. The lowest BCUT2D eigenvalue weighted by Gasteiger charge is -2.18. The molecule has 3 aromatic rings. The molecule has 0 saturated heterocycles. The molecule has 30 heavy (non-hydrogen) atoms. The van der Waals surface area contributed by atoms with E-state index in [4.69, 9.17) is 0 Å². The smallest absolute Gasteiger partial charge is 0.267 e. The van der Waals surface area contributed by atoms with Crippen molar-refractivity contribution in [1.29, 1.82) is 0 Å². The third kappa shape index (κ3) is 3.99. The second kappa shape index (κ2) is 7.87. The summed E-state index contributed by atoms with van der Waals surface area (Å²) in [4.78, 5) is 35.0. The number of pyridine rings is 1. The fourth-order valence-corrected chi connectivity index (χ4v) is 4.70. The van der Waals surface area contributed by atoms with Gasteiger partial charge in [0.2, 0.25) is 5.91 Å². The Kier molecular flexibility index (Phi) is 5.06. The first-order chi connectivity index (χ1) is 14.6. The van der Waals surface area contributed by atoms with E-state index in [1.54, 1.807) is 12.3 Å². The Morgan fingerprint density at radius 3 is 2.57 bits per heavy atom. The topological polar surface area (TPSA) is 76.9 Å². The number of aromatic nitrogens is 3. The molecule has 2 aromatic heterocycles. The molecule has 2 aliphatic carbocycles. The Labute approximate surface area is 179 Å². The van der Waals surface area contributed by atoms with Crippen molar-refractivity contribution in [2.24, 2.45) is 11.8 Å². The summed E-state index contributed by atoms with van der Waals surface area (Å²) in [5.74, 6) is 2.06. The summed E-state index contributed by atoms with van der Waals surface area (Å²) in [6.45, 7) is 1.95. The van der Waals surface area contributed by atoms with Gasteiger partial charge in [0.05, 0.1) is 16.7 Å². The van der Waals surface area contributed by atoms with Crippen molar-refractivity contribution in [2.45, 2.75) is 43.8 Å². The van der Waals surface area contributed by atoms with E-state index in [2.05, 4.69) is 15.3 Å². The van der Waals surface area contributed by atoms with Gasteiger partial charge in [0.15, 0.2) is 5.16 Å². The van der Waals surface area contributed by atoms with Gasteiger partial charge < -0.3 is 5.32 Å². The van der Waals surface area contributed by atoms with E-state index in [-0.39, 0.29) is 17.2 Å². The molecule has 1 amide bonds. The zero-order chi connectivity index (χ0) is 20.7. The first-order valence-electron chi connectivity index (χ1n) is 10.5. The Balaban J connectivity index is 1.43. The van der Waals surface area contributed by atoms with E-state index < -0.39 is 0 Å². The Morgan fingerprint density at radius 1 is 1.17 bits per heavy atom. The molecule has 7 heteroatoms. The second-order valence-corrected chi connectivity index (χ2v) is 9.25. The molecule has 2 fully saturated rings. The zero-order valence-electron chi connectivity index (χ0n) is 16.9. The van der Waals surface area contributed by atoms with Crippen LogP contribution in [-0.4, -0.2) is 32.2 Å². The summed E-state index contributed by atoms with van der Waals surface area (Å²) >= 11 is 1.29. The highest BCUT2D eigenvalue weighted by Gasteiger charge is 2.42. The van der Waals surface area contributed by atoms with Crippen molar-refractivity contribution in [3.8, 4) is 5.82 Å². The van der Waals surface area contributed by atoms with Gasteiger partial charge in [0.25, 0.3) is 5.56 Å². The lowest BCUT2D eigenvalue weighted by molar-refractivity contribution is -0.119. The number of para-hydroxylation sites is 1. The van der Waals surface area contributed by atoms with Gasteiger partial charge in [-0.15, -0.1) is 0 Å². The van der Waals surface area contributed by atoms with Crippen molar-refractivity contribution in [2.75, 3.05) is 5.75 Å². The van der Waals surface area contributed by atoms with Crippen molar-refractivity contribution in [3.05, 3.63) is 58.5 Å². The third-order valence-corrected chi connectivity index (χ3v) is 6.73. The summed E-state index contributed by atoms with van der Waals surface area (Å²) in [6, 6.07) is 11.3. The second-order valence-electron chi connectivity index (χ2n) is 8.30. The molecule has 0 aliphatic heterocycles. The van der Waals surface area contributed by atoms with E-state index in [1.165, 1.54) is 42.0 Å². The van der Waals surface area contributed by atoms with Crippen LogP contribution in [-0.2, 0) is 4.79 Å². The molecule has 0 unspecified atom stereocenters. The first-order valence-corrected chi connectivity index (χ1v) is 11.5. The van der Waals surface area contributed by atoms with Crippen LogP contribution in [0.5, 0.6) is 0 Å². The molecule has 0 atom stereocenters. The lowest BCUT2D eigenvalue weighted by atomic mass is 10.1. The number of rotatable bonds is 7. The van der Waals surface area contributed by atoms with Crippen molar-refractivity contribution < 1.29 is 4.79 Å². The summed E-state index contributed by atoms with van der Waals surface area (Å²) < 4.78 is 1.51. The fourth-order valence-electron chi connectivity index (χ4n) is 3.89. The van der Waals surface area contributed by atoms with Gasteiger partial charge in [-0.25, -0.2) is 14.5 Å². The minimum atomic E-state index is -0.173. The summed E-state index contributed by atoms with van der Waals surface area (Å²) in [7, 11) is 0. The van der Waals surface area contributed by atoms with Crippen LogP contribution in [0.15, 0.2) is 52.5 Å². The number of amides is 1. The highest BCUT2D eigenvalue weighted by molar-refractivity contribution is 7.99. The highest BCUT2D eigenvalue weighted by atomic mass is 32.2. The standard InChI is InChI=1S/C23H24N4O2S/c1-14-6-11-19(24-12-14)27-22(29)17-4-2-3-5-18(17)25-23(27)30-13-20(28)26-21(15-7-8-15)16-9-10-16/h2-6,11-12,15-16,21H,7-10,13H2,1H3,(H,26,28). The molecule has 1 aromatic carbocycles. The minimum absolute atomic E-state index is 0.00891. The van der Waals surface area contributed by atoms with Crippen LogP contribution in [0, 0.1) is 18.8 Å². The van der Waals surface area contributed by atoms with Crippen LogP contribution in [0.1, 0.15) is 31.2 Å². The summed E-state index contributed by atoms with van der Waals surface area (Å²) in [5, 5.41) is 4.26. The van der Waals surface area contributed by atoms with Crippen LogP contribution in [0.2, 0.25) is 0 Å². The quantitative estimate of drug-likeness (QED) is 0.468. The summed E-state index contributed by atoms with van der Waals surface area (Å²) in [5.41, 5.74) is 1.47. The molecule has 2 aliphatic rings. The molecular weight excluding hydrogens is 396 g/mol. The van der Waals surface area contributed by atoms with Gasteiger partial charge >= 0.3 is 0 Å². The predicted octanol–water partition coefficient (Wildman–Crippen LogP) is 3.49. The molecule has 5 rings (SSSR count). The minimum Gasteiger partial charge on any atom is -0.352 e. The molecule has 0 spiro atoms. The van der Waals surface area contributed by atoms with Gasteiger partial charge in [0, 0.05) is 12.2 Å². The fraction of sp³-hybridized carbons (Fsp3) is 0.391. The average molecular weight is 421 g/mol. The molecule has 6 nitrogen and oxygen atoms in total. The Bertz CT molecular complexity index is 1140. The maximum atomic E-state index is 13.2. The first kappa shape index (κ1) is 19.3. The molecular formula is C23H24N4O2S. The monoisotopic (exact) mass is 420 g/mol. The molecule has 1 N–H and O–H groups in total. The number of fused-ring (bicyclic) bond motifs is 1. The molecule has 0 radical (unpaired) electrons. The number of hydrogen-bond donors (Lipinski definition) is 1. The van der Waals surface area contributed by atoms with Crippen molar-refractivity contribution in [1.82, 2.24) is 19.9 Å². The Morgan fingerprint density at radius 2 is 1.90 bits per heavy atom. The third-order valence-electron chi connectivity index (χ3n) is 5.79. The van der Waals surface area contributed by atoms with Gasteiger partial charge in [-0.1, -0.05) is 30.0 Å². The van der Waals surface area contributed by atoms with Gasteiger partial charge in [-0.2, -0.15) is 0 Å².